The molecule has 6 heteroatoms. The Hall–Kier alpha value is -0.710. The smallest absolute Gasteiger partial charge is 0.257 e. The van der Waals surface area contributed by atoms with Gasteiger partial charge >= 0.3 is 0 Å². The molecule has 96 valence electrons. The molecule has 1 aromatic rings. The van der Waals surface area contributed by atoms with E-state index in [2.05, 4.69) is 10.3 Å². The van der Waals surface area contributed by atoms with Crippen LogP contribution in [0.2, 0.25) is 0 Å². The Balaban J connectivity index is 0.000000722. The predicted molar refractivity (Wildman–Crippen MR) is 69.7 cm³/mol. The number of nitrogens with zero attached hydrogens (tertiary/aromatic N) is 1. The fourth-order valence-corrected chi connectivity index (χ4v) is 2.15. The topological polar surface area (TPSA) is 43.4 Å². The van der Waals surface area contributed by atoms with E-state index in [4.69, 9.17) is 9.47 Å². The van der Waals surface area contributed by atoms with Crippen molar-refractivity contribution in [1.82, 2.24) is 10.3 Å². The zero-order chi connectivity index (χ0) is 10.1. The molecular weight excluding hydrogens is 263 g/mol. The summed E-state index contributed by atoms with van der Waals surface area (Å²) in [4.78, 5) is 4.13. The standard InChI is InChI=1S/C11H14N2O2.2ClH/c1-2-9-10(13-5-1)14-8-11(15-9)3-6-12-7-4-11;;/h1-2,5,12H,3-4,6-8H2;2*1H. The Bertz CT molecular complexity index is 370. The van der Waals surface area contributed by atoms with Gasteiger partial charge < -0.3 is 14.8 Å². The van der Waals surface area contributed by atoms with Crippen LogP contribution in [0.1, 0.15) is 12.8 Å². The van der Waals surface area contributed by atoms with E-state index in [-0.39, 0.29) is 30.4 Å². The van der Waals surface area contributed by atoms with Crippen molar-refractivity contribution >= 4 is 24.8 Å². The molecule has 0 atom stereocenters. The molecule has 0 radical (unpaired) electrons. The van der Waals surface area contributed by atoms with Gasteiger partial charge in [0, 0.05) is 19.0 Å². The maximum atomic E-state index is 6.03. The highest BCUT2D eigenvalue weighted by Crippen LogP contribution is 2.36. The molecule has 3 heterocycles. The first-order valence-corrected chi connectivity index (χ1v) is 5.36. The summed E-state index contributed by atoms with van der Waals surface area (Å²) >= 11 is 0. The number of aromatic nitrogens is 1. The van der Waals surface area contributed by atoms with E-state index in [0.29, 0.717) is 12.5 Å². The second-order valence-corrected chi connectivity index (χ2v) is 4.13. The van der Waals surface area contributed by atoms with Gasteiger partial charge in [-0.15, -0.1) is 24.8 Å². The van der Waals surface area contributed by atoms with Gasteiger partial charge in [-0.3, -0.25) is 0 Å². The summed E-state index contributed by atoms with van der Waals surface area (Å²) in [7, 11) is 0. The van der Waals surface area contributed by atoms with Crippen molar-refractivity contribution in [2.45, 2.75) is 18.4 Å². The van der Waals surface area contributed by atoms with Gasteiger partial charge in [0.15, 0.2) is 5.75 Å². The summed E-state index contributed by atoms with van der Waals surface area (Å²) in [5, 5.41) is 3.33. The molecule has 2 aliphatic heterocycles. The highest BCUT2D eigenvalue weighted by Gasteiger charge is 2.39. The van der Waals surface area contributed by atoms with Crippen LogP contribution in [0.4, 0.5) is 0 Å². The molecule has 1 N–H and O–H groups in total. The number of fused-ring (bicyclic) bond motifs is 1. The second kappa shape index (κ2) is 5.76. The average Bonchev–Trinajstić information content (AvgIpc) is 2.30. The number of piperidine rings is 1. The number of nitrogens with one attached hydrogen (secondary N) is 1. The number of ether oxygens (including phenoxy) is 2. The summed E-state index contributed by atoms with van der Waals surface area (Å²) in [6.45, 7) is 2.62. The SMILES string of the molecule is Cl.Cl.c1cnc2c(c1)OC1(CCNCC1)CO2. The van der Waals surface area contributed by atoms with Crippen LogP contribution in [0.5, 0.6) is 11.6 Å². The molecule has 1 saturated heterocycles. The van der Waals surface area contributed by atoms with Crippen LogP contribution in [0.3, 0.4) is 0 Å². The van der Waals surface area contributed by atoms with Gasteiger partial charge in [0.2, 0.25) is 0 Å². The van der Waals surface area contributed by atoms with Crippen LogP contribution in [0.25, 0.3) is 0 Å². The summed E-state index contributed by atoms with van der Waals surface area (Å²) in [6.07, 6.45) is 3.73. The molecule has 0 aliphatic carbocycles. The zero-order valence-corrected chi connectivity index (χ0v) is 11.0. The Morgan fingerprint density at radius 2 is 2.00 bits per heavy atom. The van der Waals surface area contributed by atoms with Gasteiger partial charge in [-0.2, -0.15) is 0 Å². The van der Waals surface area contributed by atoms with Crippen LogP contribution in [-0.4, -0.2) is 30.3 Å². The molecule has 0 unspecified atom stereocenters. The fraction of sp³-hybridized carbons (Fsp3) is 0.545. The lowest BCUT2D eigenvalue weighted by Crippen LogP contribution is -2.52. The van der Waals surface area contributed by atoms with E-state index in [1.807, 2.05) is 12.1 Å². The van der Waals surface area contributed by atoms with Gasteiger partial charge in [-0.25, -0.2) is 4.98 Å². The van der Waals surface area contributed by atoms with Gasteiger partial charge in [0.25, 0.3) is 5.88 Å². The van der Waals surface area contributed by atoms with Crippen molar-refractivity contribution < 1.29 is 9.47 Å². The lowest BCUT2D eigenvalue weighted by atomic mass is 9.92. The van der Waals surface area contributed by atoms with Crippen molar-refractivity contribution in [3.63, 3.8) is 0 Å². The van der Waals surface area contributed by atoms with Crippen molar-refractivity contribution in [1.29, 1.82) is 0 Å². The van der Waals surface area contributed by atoms with E-state index in [0.717, 1.165) is 31.7 Å². The van der Waals surface area contributed by atoms with E-state index in [9.17, 15) is 0 Å². The van der Waals surface area contributed by atoms with Crippen molar-refractivity contribution in [3.8, 4) is 11.6 Å². The molecule has 1 spiro atoms. The van der Waals surface area contributed by atoms with Crippen LogP contribution < -0.4 is 14.8 Å². The molecule has 2 aliphatic rings. The third kappa shape index (κ3) is 2.76. The largest absolute Gasteiger partial charge is 0.478 e. The Morgan fingerprint density at radius 1 is 1.24 bits per heavy atom. The van der Waals surface area contributed by atoms with Crippen LogP contribution in [0, 0.1) is 0 Å². The van der Waals surface area contributed by atoms with Gasteiger partial charge in [-0.1, -0.05) is 0 Å². The minimum atomic E-state index is -0.124. The fourth-order valence-electron chi connectivity index (χ4n) is 2.15. The number of rotatable bonds is 0. The number of hydrogen-bond donors (Lipinski definition) is 1. The van der Waals surface area contributed by atoms with Gasteiger partial charge in [0.05, 0.1) is 0 Å². The van der Waals surface area contributed by atoms with Gasteiger partial charge in [0.1, 0.15) is 12.2 Å². The van der Waals surface area contributed by atoms with Crippen LogP contribution >= 0.6 is 24.8 Å². The highest BCUT2D eigenvalue weighted by molar-refractivity contribution is 5.85. The van der Waals surface area contributed by atoms with Crippen LogP contribution in [-0.2, 0) is 0 Å². The van der Waals surface area contributed by atoms with Crippen molar-refractivity contribution in [2.75, 3.05) is 19.7 Å². The van der Waals surface area contributed by atoms with E-state index < -0.39 is 0 Å². The number of halogens is 2. The van der Waals surface area contributed by atoms with E-state index >= 15 is 0 Å². The summed E-state index contributed by atoms with van der Waals surface area (Å²) in [5.74, 6) is 1.41. The first kappa shape index (κ1) is 14.4. The molecule has 17 heavy (non-hydrogen) atoms. The average molecular weight is 279 g/mol. The number of hydrogen-bond acceptors (Lipinski definition) is 4. The van der Waals surface area contributed by atoms with Crippen molar-refractivity contribution in [3.05, 3.63) is 18.3 Å². The molecule has 0 bridgehead atoms. The quantitative estimate of drug-likeness (QED) is 0.786. The molecule has 0 aromatic carbocycles. The molecule has 4 nitrogen and oxygen atoms in total. The number of pyridine rings is 1. The van der Waals surface area contributed by atoms with E-state index in [1.54, 1.807) is 6.20 Å². The third-order valence-corrected chi connectivity index (χ3v) is 3.05. The molecule has 1 fully saturated rings. The molecular formula is C11H16Cl2N2O2. The summed E-state index contributed by atoms with van der Waals surface area (Å²) in [5.41, 5.74) is -0.124. The maximum absolute atomic E-state index is 6.03. The predicted octanol–water partition coefficient (Wildman–Crippen LogP) is 1.82. The third-order valence-electron chi connectivity index (χ3n) is 3.05. The van der Waals surface area contributed by atoms with Crippen molar-refractivity contribution in [2.24, 2.45) is 0 Å². The summed E-state index contributed by atoms with van der Waals surface area (Å²) < 4.78 is 11.7. The van der Waals surface area contributed by atoms with E-state index in [1.165, 1.54) is 0 Å². The summed E-state index contributed by atoms with van der Waals surface area (Å²) in [6, 6.07) is 3.80. The Kier molecular flexibility index (Phi) is 4.86. The minimum Gasteiger partial charge on any atom is -0.478 e. The maximum Gasteiger partial charge on any atom is 0.257 e. The zero-order valence-electron chi connectivity index (χ0n) is 9.35. The highest BCUT2D eigenvalue weighted by atomic mass is 35.5. The second-order valence-electron chi connectivity index (χ2n) is 4.13. The molecule has 0 saturated carbocycles. The first-order valence-electron chi connectivity index (χ1n) is 5.36. The molecule has 0 amide bonds. The van der Waals surface area contributed by atoms with Gasteiger partial charge in [-0.05, 0) is 25.2 Å². The Morgan fingerprint density at radius 3 is 2.76 bits per heavy atom. The lowest BCUT2D eigenvalue weighted by Gasteiger charge is -2.40. The minimum absolute atomic E-state index is 0. The van der Waals surface area contributed by atoms with Crippen LogP contribution in [0.15, 0.2) is 18.3 Å². The monoisotopic (exact) mass is 278 g/mol. The molecule has 3 rings (SSSR count). The Labute approximate surface area is 113 Å². The first-order chi connectivity index (χ1) is 7.38. The normalized spacial score (nSPS) is 20.0. The lowest BCUT2D eigenvalue weighted by molar-refractivity contribution is -0.0328. The molecule has 1 aromatic heterocycles.